The van der Waals surface area contributed by atoms with Gasteiger partial charge in [-0.05, 0) is 48.0 Å². The van der Waals surface area contributed by atoms with Gasteiger partial charge in [0.2, 0.25) is 5.91 Å². The number of hydrogen-bond donors (Lipinski definition) is 3. The summed E-state index contributed by atoms with van der Waals surface area (Å²) >= 11 is 0. The van der Waals surface area contributed by atoms with Crippen LogP contribution in [0.1, 0.15) is 22.7 Å². The molecular formula is C23H21N3O3. The second-order valence-corrected chi connectivity index (χ2v) is 6.39. The van der Waals surface area contributed by atoms with Gasteiger partial charge in [-0.15, -0.1) is 0 Å². The fourth-order valence-corrected chi connectivity index (χ4v) is 2.87. The minimum absolute atomic E-state index is 0.0215. The van der Waals surface area contributed by atoms with E-state index in [1.54, 1.807) is 36.4 Å². The monoisotopic (exact) mass is 387 g/mol. The van der Waals surface area contributed by atoms with E-state index in [0.29, 0.717) is 29.1 Å². The molecule has 3 aromatic carbocycles. The first-order valence-corrected chi connectivity index (χ1v) is 9.06. The van der Waals surface area contributed by atoms with Crippen LogP contribution in [0.25, 0.3) is 0 Å². The molecule has 0 radical (unpaired) electrons. The first kappa shape index (κ1) is 19.8. The SMILES string of the molecule is COc1ccc(O)c(C(Nc2ccc(C#N)cc2)C(=O)NCc2ccccc2)c1. The van der Waals surface area contributed by atoms with Crippen LogP contribution in [0.3, 0.4) is 0 Å². The van der Waals surface area contributed by atoms with Crippen molar-refractivity contribution in [3.8, 4) is 17.6 Å². The first-order valence-electron chi connectivity index (χ1n) is 9.06. The predicted octanol–water partition coefficient (Wildman–Crippen LogP) is 3.74. The third-order valence-corrected chi connectivity index (χ3v) is 4.44. The third kappa shape index (κ3) is 5.05. The molecule has 146 valence electrons. The number of nitrogens with zero attached hydrogens (tertiary/aromatic N) is 1. The number of nitriles is 1. The van der Waals surface area contributed by atoms with Crippen molar-refractivity contribution in [3.05, 3.63) is 89.5 Å². The van der Waals surface area contributed by atoms with E-state index in [4.69, 9.17) is 10.00 Å². The number of ether oxygens (including phenoxy) is 1. The van der Waals surface area contributed by atoms with Crippen LogP contribution < -0.4 is 15.4 Å². The van der Waals surface area contributed by atoms with E-state index in [9.17, 15) is 9.90 Å². The summed E-state index contributed by atoms with van der Waals surface area (Å²) in [6.45, 7) is 0.357. The number of anilines is 1. The maximum Gasteiger partial charge on any atom is 0.247 e. The Balaban J connectivity index is 1.87. The zero-order chi connectivity index (χ0) is 20.6. The van der Waals surface area contributed by atoms with Crippen LogP contribution in [-0.4, -0.2) is 18.1 Å². The molecule has 6 heteroatoms. The number of amides is 1. The number of benzene rings is 3. The lowest BCUT2D eigenvalue weighted by atomic mass is 10.0. The number of methoxy groups -OCH3 is 1. The van der Waals surface area contributed by atoms with Gasteiger partial charge in [0, 0.05) is 17.8 Å². The summed E-state index contributed by atoms with van der Waals surface area (Å²) in [4.78, 5) is 13.0. The van der Waals surface area contributed by atoms with Crippen LogP contribution in [0, 0.1) is 11.3 Å². The molecule has 0 aliphatic carbocycles. The summed E-state index contributed by atoms with van der Waals surface area (Å²) < 4.78 is 5.24. The molecule has 0 aromatic heterocycles. The molecular weight excluding hydrogens is 366 g/mol. The molecule has 1 atom stereocenters. The first-order chi connectivity index (χ1) is 14.1. The van der Waals surface area contributed by atoms with E-state index in [0.717, 1.165) is 5.56 Å². The highest BCUT2D eigenvalue weighted by atomic mass is 16.5. The number of carbonyl (C=O) groups is 1. The highest BCUT2D eigenvalue weighted by Gasteiger charge is 2.24. The standard InChI is InChI=1S/C23H21N3O3/c1-29-19-11-12-21(27)20(13-19)22(26-18-9-7-16(14-24)8-10-18)23(28)25-15-17-5-3-2-4-6-17/h2-13,22,26-27H,15H2,1H3,(H,25,28). The molecule has 0 heterocycles. The zero-order valence-corrected chi connectivity index (χ0v) is 15.9. The lowest BCUT2D eigenvalue weighted by Gasteiger charge is -2.21. The van der Waals surface area contributed by atoms with Gasteiger partial charge in [-0.1, -0.05) is 30.3 Å². The van der Waals surface area contributed by atoms with Gasteiger partial charge in [-0.2, -0.15) is 5.26 Å². The van der Waals surface area contributed by atoms with Crippen molar-refractivity contribution in [2.45, 2.75) is 12.6 Å². The second kappa shape index (κ2) is 9.29. The molecule has 0 bridgehead atoms. The van der Waals surface area contributed by atoms with Crippen molar-refractivity contribution in [1.29, 1.82) is 5.26 Å². The Morgan fingerprint density at radius 2 is 1.83 bits per heavy atom. The zero-order valence-electron chi connectivity index (χ0n) is 15.9. The van der Waals surface area contributed by atoms with Crippen molar-refractivity contribution in [2.24, 2.45) is 0 Å². The maximum absolute atomic E-state index is 13.0. The second-order valence-electron chi connectivity index (χ2n) is 6.39. The van der Waals surface area contributed by atoms with Gasteiger partial charge < -0.3 is 20.5 Å². The molecule has 6 nitrogen and oxygen atoms in total. The van der Waals surface area contributed by atoms with E-state index in [-0.39, 0.29) is 11.7 Å². The van der Waals surface area contributed by atoms with Crippen molar-refractivity contribution in [3.63, 3.8) is 0 Å². The van der Waals surface area contributed by atoms with E-state index < -0.39 is 6.04 Å². The van der Waals surface area contributed by atoms with Crippen LogP contribution in [0.4, 0.5) is 5.69 Å². The van der Waals surface area contributed by atoms with Crippen molar-refractivity contribution in [2.75, 3.05) is 12.4 Å². The maximum atomic E-state index is 13.0. The normalized spacial score (nSPS) is 11.2. The van der Waals surface area contributed by atoms with Gasteiger partial charge in [0.05, 0.1) is 18.7 Å². The van der Waals surface area contributed by atoms with Crippen molar-refractivity contribution < 1.29 is 14.6 Å². The smallest absolute Gasteiger partial charge is 0.247 e. The lowest BCUT2D eigenvalue weighted by Crippen LogP contribution is -2.33. The Morgan fingerprint density at radius 1 is 1.10 bits per heavy atom. The lowest BCUT2D eigenvalue weighted by molar-refractivity contribution is -0.122. The summed E-state index contributed by atoms with van der Waals surface area (Å²) in [7, 11) is 1.52. The molecule has 0 saturated heterocycles. The van der Waals surface area contributed by atoms with Gasteiger partial charge in [0.25, 0.3) is 0 Å². The fourth-order valence-electron chi connectivity index (χ4n) is 2.87. The van der Waals surface area contributed by atoms with Crippen molar-refractivity contribution in [1.82, 2.24) is 5.32 Å². The molecule has 1 unspecified atom stereocenters. The van der Waals surface area contributed by atoms with Crippen LogP contribution in [0.5, 0.6) is 11.5 Å². The van der Waals surface area contributed by atoms with Crippen LogP contribution in [-0.2, 0) is 11.3 Å². The molecule has 0 saturated carbocycles. The average Bonchev–Trinajstić information content (AvgIpc) is 2.77. The summed E-state index contributed by atoms with van der Waals surface area (Å²) in [5.74, 6) is 0.203. The van der Waals surface area contributed by atoms with Gasteiger partial charge in [0.1, 0.15) is 17.5 Å². The Hall–Kier alpha value is -3.98. The predicted molar refractivity (Wildman–Crippen MR) is 110 cm³/mol. The van der Waals surface area contributed by atoms with E-state index >= 15 is 0 Å². The molecule has 0 spiro atoms. The average molecular weight is 387 g/mol. The molecule has 0 aliphatic heterocycles. The molecule has 1 amide bonds. The highest BCUT2D eigenvalue weighted by molar-refractivity contribution is 5.87. The summed E-state index contributed by atoms with van der Waals surface area (Å²) in [5.41, 5.74) is 2.52. The minimum Gasteiger partial charge on any atom is -0.508 e. The fraction of sp³-hybridized carbons (Fsp3) is 0.130. The number of hydrogen-bond acceptors (Lipinski definition) is 5. The van der Waals surface area contributed by atoms with E-state index in [2.05, 4.69) is 16.7 Å². The number of phenolic OH excluding ortho intramolecular Hbond substituents is 1. The summed E-state index contributed by atoms with van der Waals surface area (Å²) in [6.07, 6.45) is 0. The molecule has 0 aliphatic rings. The number of rotatable bonds is 7. The van der Waals surface area contributed by atoms with Crippen LogP contribution >= 0.6 is 0 Å². The highest BCUT2D eigenvalue weighted by Crippen LogP contribution is 2.31. The van der Waals surface area contributed by atoms with Crippen LogP contribution in [0.2, 0.25) is 0 Å². The van der Waals surface area contributed by atoms with Crippen molar-refractivity contribution >= 4 is 11.6 Å². The Morgan fingerprint density at radius 3 is 2.48 bits per heavy atom. The molecule has 3 N–H and O–H groups in total. The number of carbonyl (C=O) groups excluding carboxylic acids is 1. The van der Waals surface area contributed by atoms with Gasteiger partial charge in [0.15, 0.2) is 0 Å². The molecule has 3 rings (SSSR count). The largest absolute Gasteiger partial charge is 0.508 e. The van der Waals surface area contributed by atoms with E-state index in [1.807, 2.05) is 30.3 Å². The molecule has 3 aromatic rings. The van der Waals surface area contributed by atoms with Gasteiger partial charge in [-0.3, -0.25) is 4.79 Å². The molecule has 29 heavy (non-hydrogen) atoms. The van der Waals surface area contributed by atoms with Gasteiger partial charge >= 0.3 is 0 Å². The molecule has 0 fully saturated rings. The number of phenols is 1. The van der Waals surface area contributed by atoms with Crippen LogP contribution in [0.15, 0.2) is 72.8 Å². The van der Waals surface area contributed by atoms with Gasteiger partial charge in [-0.25, -0.2) is 0 Å². The van der Waals surface area contributed by atoms with E-state index in [1.165, 1.54) is 13.2 Å². The Bertz CT molecular complexity index is 1010. The Kier molecular flexibility index (Phi) is 6.33. The minimum atomic E-state index is -0.859. The number of nitrogens with one attached hydrogen (secondary N) is 2. The summed E-state index contributed by atoms with van der Waals surface area (Å²) in [5, 5.41) is 25.4. The number of aromatic hydroxyl groups is 1. The topological polar surface area (TPSA) is 94.4 Å². The third-order valence-electron chi connectivity index (χ3n) is 4.44. The quantitative estimate of drug-likeness (QED) is 0.574. The Labute approximate surface area is 169 Å². The summed E-state index contributed by atoms with van der Waals surface area (Å²) in [6, 6.07) is 22.3.